The molecule has 0 saturated carbocycles. The fraction of sp³-hybridized carbons (Fsp3) is 0.0250. The van der Waals surface area contributed by atoms with Gasteiger partial charge in [-0.25, -0.2) is 14.8 Å². The Morgan fingerprint density at radius 2 is 1.52 bits per heavy atom. The van der Waals surface area contributed by atoms with Gasteiger partial charge in [-0.2, -0.15) is 0 Å². The quantitative estimate of drug-likeness (QED) is 0.151. The number of aromatic carboxylic acids is 1. The molecule has 0 fully saturated rings. The molecule has 2 N–H and O–H groups in total. The van der Waals surface area contributed by atoms with E-state index < -0.39 is 11.2 Å². The van der Waals surface area contributed by atoms with Gasteiger partial charge in [0.25, 0.3) is 5.91 Å². The Hall–Kier alpha value is -5.84. The summed E-state index contributed by atoms with van der Waals surface area (Å²) in [6.45, 7) is 0. The van der Waals surface area contributed by atoms with Crippen LogP contribution in [-0.4, -0.2) is 33.0 Å². The van der Waals surface area contributed by atoms with Crippen molar-refractivity contribution in [2.45, 2.75) is 5.25 Å². The van der Waals surface area contributed by atoms with Crippen LogP contribution in [-0.2, 0) is 9.59 Å². The van der Waals surface area contributed by atoms with Crippen molar-refractivity contribution in [1.82, 2.24) is 4.98 Å². The molecule has 10 heteroatoms. The lowest BCUT2D eigenvalue weighted by Gasteiger charge is -2.22. The molecule has 0 radical (unpaired) electrons. The summed E-state index contributed by atoms with van der Waals surface area (Å²) in [6, 6.07) is 41.9. The minimum Gasteiger partial charge on any atom is -0.478 e. The van der Waals surface area contributed by atoms with Crippen molar-refractivity contribution >= 4 is 79.0 Å². The number of benzene rings is 5. The van der Waals surface area contributed by atoms with Crippen molar-refractivity contribution in [1.29, 1.82) is 0 Å². The summed E-state index contributed by atoms with van der Waals surface area (Å²) in [4.78, 5) is 50.9. The Bertz CT molecular complexity index is 2310. The van der Waals surface area contributed by atoms with Gasteiger partial charge in [-0.3, -0.25) is 14.5 Å². The third-order valence-electron chi connectivity index (χ3n) is 7.95. The number of pyridine rings is 1. The van der Waals surface area contributed by atoms with Gasteiger partial charge in [0, 0.05) is 21.1 Å². The van der Waals surface area contributed by atoms with Gasteiger partial charge in [-0.1, -0.05) is 119 Å². The number of carboxylic acids is 1. The maximum absolute atomic E-state index is 14.1. The van der Waals surface area contributed by atoms with Gasteiger partial charge in [0.1, 0.15) is 10.9 Å². The second-order valence-corrected chi connectivity index (χ2v) is 13.3. The van der Waals surface area contributed by atoms with E-state index in [9.17, 15) is 19.5 Å². The minimum atomic E-state index is -1.03. The Morgan fingerprint density at radius 1 is 0.820 bits per heavy atom. The molecule has 1 aromatic heterocycles. The van der Waals surface area contributed by atoms with Gasteiger partial charge in [-0.05, 0) is 65.7 Å². The first kappa shape index (κ1) is 32.7. The summed E-state index contributed by atoms with van der Waals surface area (Å²) >= 11 is 4.68. The highest BCUT2D eigenvalue weighted by atomic mass is 79.9. The Labute approximate surface area is 300 Å². The first-order valence-corrected chi connectivity index (χ1v) is 17.2. The van der Waals surface area contributed by atoms with E-state index in [4.69, 9.17) is 4.99 Å². The van der Waals surface area contributed by atoms with Crippen LogP contribution in [0.3, 0.4) is 0 Å². The number of thioether (sulfide) groups is 1. The van der Waals surface area contributed by atoms with E-state index in [0.29, 0.717) is 38.7 Å². The Morgan fingerprint density at radius 3 is 2.24 bits per heavy atom. The van der Waals surface area contributed by atoms with E-state index in [2.05, 4.69) is 26.2 Å². The molecule has 1 atom stereocenters. The molecule has 244 valence electrons. The first-order valence-electron chi connectivity index (χ1n) is 15.6. The Balaban J connectivity index is 1.19. The first-order chi connectivity index (χ1) is 24.3. The van der Waals surface area contributed by atoms with Crippen LogP contribution < -0.4 is 10.2 Å². The summed E-state index contributed by atoms with van der Waals surface area (Å²) in [5, 5.41) is 13.0. The number of anilines is 2. The standard InChI is InChI=1S/C40H27BrN4O4S/c41-28-13-9-10-25(22-28)23-35-38(47)45(30-14-5-2-6-15-30)40(44-35)50-36(27-11-3-1-4-12-27)37(46)42-29-20-18-26(19-21-29)34-24-32(39(48)49)31-16-7-8-17-33(31)43-34/h1-24,36H,(H,42,46)(H,48,49)/b35-23-. The molecule has 2 heterocycles. The van der Waals surface area contributed by atoms with Crippen LogP contribution in [0.15, 0.2) is 155 Å². The largest absolute Gasteiger partial charge is 0.478 e. The number of nitrogens with zero attached hydrogens (tertiary/aromatic N) is 3. The normalized spacial score (nSPS) is 14.1. The molecule has 6 aromatic rings. The van der Waals surface area contributed by atoms with E-state index in [1.807, 2.05) is 91.0 Å². The predicted octanol–water partition coefficient (Wildman–Crippen LogP) is 9.22. The van der Waals surface area contributed by atoms with Crippen molar-refractivity contribution in [2.24, 2.45) is 4.99 Å². The number of hydrogen-bond donors (Lipinski definition) is 2. The third kappa shape index (κ3) is 6.98. The lowest BCUT2D eigenvalue weighted by atomic mass is 10.0. The number of para-hydroxylation sites is 2. The molecule has 0 saturated heterocycles. The highest BCUT2D eigenvalue weighted by Gasteiger charge is 2.36. The van der Waals surface area contributed by atoms with Gasteiger partial charge >= 0.3 is 5.97 Å². The molecule has 50 heavy (non-hydrogen) atoms. The van der Waals surface area contributed by atoms with Crippen LogP contribution >= 0.6 is 27.7 Å². The predicted molar refractivity (Wildman–Crippen MR) is 203 cm³/mol. The SMILES string of the molecule is O=C(O)c1cc(-c2ccc(NC(=O)C(SC3=N/C(=C\c4cccc(Br)c4)C(=O)N3c3ccccc3)c3ccccc3)cc2)nc2ccccc12. The zero-order valence-corrected chi connectivity index (χ0v) is 28.6. The number of rotatable bonds is 8. The van der Waals surface area contributed by atoms with Crippen molar-refractivity contribution in [3.05, 3.63) is 166 Å². The summed E-state index contributed by atoms with van der Waals surface area (Å²) in [5.74, 6) is -1.64. The number of hydrogen-bond acceptors (Lipinski definition) is 6. The van der Waals surface area contributed by atoms with Crippen LogP contribution in [0.25, 0.3) is 28.2 Å². The monoisotopic (exact) mass is 738 g/mol. The summed E-state index contributed by atoms with van der Waals surface area (Å²) in [7, 11) is 0. The van der Waals surface area contributed by atoms with Gasteiger partial charge in [0.05, 0.1) is 22.5 Å². The second kappa shape index (κ2) is 14.3. The number of fused-ring (bicyclic) bond motifs is 1. The average Bonchev–Trinajstić information content (AvgIpc) is 3.44. The van der Waals surface area contributed by atoms with E-state index in [1.165, 1.54) is 16.7 Å². The fourth-order valence-corrected chi connectivity index (χ4v) is 7.10. The van der Waals surface area contributed by atoms with Gasteiger partial charge in [-0.15, -0.1) is 0 Å². The molecule has 0 spiro atoms. The molecular formula is C40H27BrN4O4S. The Kier molecular flexibility index (Phi) is 9.37. The number of amides is 2. The van der Waals surface area contributed by atoms with Gasteiger partial charge in [0.15, 0.2) is 5.17 Å². The molecule has 2 amide bonds. The average molecular weight is 740 g/mol. The number of amidine groups is 1. The highest BCUT2D eigenvalue weighted by Crippen LogP contribution is 2.38. The van der Waals surface area contributed by atoms with E-state index in [-0.39, 0.29) is 23.1 Å². The molecule has 5 aromatic carbocycles. The number of aromatic nitrogens is 1. The van der Waals surface area contributed by atoms with Crippen LogP contribution in [0.5, 0.6) is 0 Å². The number of nitrogens with one attached hydrogen (secondary N) is 1. The summed E-state index contributed by atoms with van der Waals surface area (Å²) in [5.41, 5.74) is 4.93. The molecule has 1 aliphatic heterocycles. The molecule has 7 rings (SSSR count). The lowest BCUT2D eigenvalue weighted by Crippen LogP contribution is -2.32. The van der Waals surface area contributed by atoms with Gasteiger partial charge in [0.2, 0.25) is 5.91 Å². The van der Waals surface area contributed by atoms with E-state index >= 15 is 0 Å². The van der Waals surface area contributed by atoms with Crippen molar-refractivity contribution in [2.75, 3.05) is 10.2 Å². The van der Waals surface area contributed by atoms with Crippen molar-refractivity contribution in [3.8, 4) is 11.3 Å². The maximum atomic E-state index is 14.1. The fourth-order valence-electron chi connectivity index (χ4n) is 5.57. The summed E-state index contributed by atoms with van der Waals surface area (Å²) < 4.78 is 0.878. The summed E-state index contributed by atoms with van der Waals surface area (Å²) in [6.07, 6.45) is 1.74. The van der Waals surface area contributed by atoms with Crippen LogP contribution in [0.4, 0.5) is 11.4 Å². The van der Waals surface area contributed by atoms with Crippen LogP contribution in [0.2, 0.25) is 0 Å². The van der Waals surface area contributed by atoms with Crippen molar-refractivity contribution in [3.63, 3.8) is 0 Å². The van der Waals surface area contributed by atoms with E-state index in [1.54, 1.807) is 54.6 Å². The molecule has 8 nitrogen and oxygen atoms in total. The molecule has 0 aliphatic carbocycles. The molecular weight excluding hydrogens is 712 g/mol. The molecule has 0 bridgehead atoms. The molecule has 1 unspecified atom stereocenters. The number of halogens is 1. The zero-order valence-electron chi connectivity index (χ0n) is 26.2. The van der Waals surface area contributed by atoms with Crippen molar-refractivity contribution < 1.29 is 19.5 Å². The van der Waals surface area contributed by atoms with E-state index in [0.717, 1.165) is 15.6 Å². The smallest absolute Gasteiger partial charge is 0.336 e. The number of carbonyl (C=O) groups excluding carboxylic acids is 2. The number of carboxylic acid groups (broad SMARTS) is 1. The second-order valence-electron chi connectivity index (χ2n) is 11.3. The topological polar surface area (TPSA) is 112 Å². The zero-order chi connectivity index (χ0) is 34.6. The van der Waals surface area contributed by atoms with Crippen LogP contribution in [0.1, 0.15) is 26.7 Å². The number of carbonyl (C=O) groups is 3. The third-order valence-corrected chi connectivity index (χ3v) is 9.65. The van der Waals surface area contributed by atoms with Crippen LogP contribution in [0, 0.1) is 0 Å². The minimum absolute atomic E-state index is 0.165. The highest BCUT2D eigenvalue weighted by molar-refractivity contribution is 9.10. The molecule has 1 aliphatic rings. The van der Waals surface area contributed by atoms with Gasteiger partial charge < -0.3 is 10.4 Å². The number of aliphatic imine (C=N–C) groups is 1. The lowest BCUT2D eigenvalue weighted by molar-refractivity contribution is -0.116. The maximum Gasteiger partial charge on any atom is 0.336 e.